The highest BCUT2D eigenvalue weighted by Gasteiger charge is 2.43. The Labute approximate surface area is 166 Å². The normalized spacial score (nSPS) is 26.0. The molecule has 8 nitrogen and oxygen atoms in total. The Morgan fingerprint density at radius 1 is 1.28 bits per heavy atom. The van der Waals surface area contributed by atoms with E-state index in [0.29, 0.717) is 28.8 Å². The van der Waals surface area contributed by atoms with Gasteiger partial charge in [0.15, 0.2) is 5.82 Å². The zero-order valence-corrected chi connectivity index (χ0v) is 15.9. The third-order valence-electron chi connectivity index (χ3n) is 6.05. The molecule has 5 rings (SSSR count). The molecule has 0 amide bonds. The van der Waals surface area contributed by atoms with Crippen LogP contribution in [-0.4, -0.2) is 56.0 Å². The van der Waals surface area contributed by atoms with Gasteiger partial charge >= 0.3 is 0 Å². The lowest BCUT2D eigenvalue weighted by Gasteiger charge is -2.38. The number of halogens is 1. The Bertz CT molecular complexity index is 1120. The predicted molar refractivity (Wildman–Crippen MR) is 106 cm³/mol. The molecule has 0 aliphatic carbocycles. The second-order valence-electron chi connectivity index (χ2n) is 7.77. The fourth-order valence-electron chi connectivity index (χ4n) is 4.44. The highest BCUT2D eigenvalue weighted by Crippen LogP contribution is 2.33. The molecule has 0 saturated carbocycles. The fourth-order valence-corrected chi connectivity index (χ4v) is 4.44. The summed E-state index contributed by atoms with van der Waals surface area (Å²) in [7, 11) is 1.84. The minimum absolute atomic E-state index is 0.0442. The zero-order chi connectivity index (χ0) is 20.1. The largest absolute Gasteiger partial charge is 0.507 e. The van der Waals surface area contributed by atoms with Crippen LogP contribution in [0.15, 0.2) is 41.5 Å². The molecule has 2 N–H and O–H groups in total. The van der Waals surface area contributed by atoms with Crippen molar-refractivity contribution in [3.63, 3.8) is 0 Å². The predicted octanol–water partition coefficient (Wildman–Crippen LogP) is 1.52. The molecule has 150 valence electrons. The van der Waals surface area contributed by atoms with Gasteiger partial charge in [0, 0.05) is 43.7 Å². The van der Waals surface area contributed by atoms with Crippen molar-refractivity contribution in [1.29, 1.82) is 0 Å². The Kier molecular flexibility index (Phi) is 4.20. The van der Waals surface area contributed by atoms with E-state index in [1.54, 1.807) is 12.1 Å². The van der Waals surface area contributed by atoms with Gasteiger partial charge in [0.1, 0.15) is 17.6 Å². The number of alkyl halides is 1. The van der Waals surface area contributed by atoms with Gasteiger partial charge in [-0.3, -0.25) is 9.20 Å². The molecule has 2 aliphatic rings. The van der Waals surface area contributed by atoms with Crippen LogP contribution < -0.4 is 15.8 Å². The standard InChI is InChI=1S/C20H21FN6O2/c1-26(15-8-11-2-3-14(23-11)20(15)21)17-5-4-13(24-25-17)12-10-27-18(9-16(12)28)22-7-6-19(27)29/h4-7,9-11,14-15,20,23,28H,2-3,8H2,1H3/t11-,14+,15-,20+/m1/s1. The van der Waals surface area contributed by atoms with E-state index < -0.39 is 6.17 Å². The number of piperidine rings is 1. The molecular weight excluding hydrogens is 375 g/mol. The number of hydrogen-bond acceptors (Lipinski definition) is 7. The van der Waals surface area contributed by atoms with Crippen molar-refractivity contribution in [3.8, 4) is 17.0 Å². The minimum Gasteiger partial charge on any atom is -0.507 e. The summed E-state index contributed by atoms with van der Waals surface area (Å²) in [4.78, 5) is 18.0. The van der Waals surface area contributed by atoms with Gasteiger partial charge in [-0.1, -0.05) is 0 Å². The van der Waals surface area contributed by atoms with Gasteiger partial charge in [0.25, 0.3) is 5.56 Å². The third kappa shape index (κ3) is 3.02. The molecule has 0 unspecified atom stereocenters. The van der Waals surface area contributed by atoms with Crippen molar-refractivity contribution in [2.24, 2.45) is 0 Å². The molecule has 2 saturated heterocycles. The van der Waals surface area contributed by atoms with Gasteiger partial charge in [-0.15, -0.1) is 10.2 Å². The molecule has 4 atom stereocenters. The van der Waals surface area contributed by atoms with Crippen LogP contribution in [0, 0.1) is 0 Å². The summed E-state index contributed by atoms with van der Waals surface area (Å²) in [5, 5.41) is 22.1. The van der Waals surface area contributed by atoms with Gasteiger partial charge in [-0.25, -0.2) is 9.37 Å². The number of aromatic hydroxyl groups is 1. The maximum atomic E-state index is 14.8. The number of pyridine rings is 1. The lowest BCUT2D eigenvalue weighted by atomic mass is 9.96. The van der Waals surface area contributed by atoms with Crippen molar-refractivity contribution in [2.75, 3.05) is 11.9 Å². The van der Waals surface area contributed by atoms with E-state index in [9.17, 15) is 14.3 Å². The molecule has 5 heterocycles. The van der Waals surface area contributed by atoms with Gasteiger partial charge < -0.3 is 15.3 Å². The van der Waals surface area contributed by atoms with E-state index in [1.165, 1.54) is 28.9 Å². The number of anilines is 1. The van der Waals surface area contributed by atoms with Crippen LogP contribution >= 0.6 is 0 Å². The molecule has 2 fully saturated rings. The fraction of sp³-hybridized carbons (Fsp3) is 0.400. The molecule has 9 heteroatoms. The number of nitrogens with one attached hydrogen (secondary N) is 1. The van der Waals surface area contributed by atoms with E-state index >= 15 is 0 Å². The molecule has 3 aromatic heterocycles. The van der Waals surface area contributed by atoms with Gasteiger partial charge in [-0.2, -0.15) is 0 Å². The first-order chi connectivity index (χ1) is 14.0. The maximum Gasteiger partial charge on any atom is 0.257 e. The lowest BCUT2D eigenvalue weighted by molar-refractivity contribution is 0.176. The first-order valence-corrected chi connectivity index (χ1v) is 9.69. The second kappa shape index (κ2) is 6.77. The van der Waals surface area contributed by atoms with Crippen molar-refractivity contribution in [1.82, 2.24) is 24.9 Å². The average Bonchev–Trinajstić information content (AvgIpc) is 3.14. The molecule has 2 bridgehead atoms. The number of nitrogens with zero attached hydrogens (tertiary/aromatic N) is 5. The molecular formula is C20H21FN6O2. The van der Waals surface area contributed by atoms with Crippen molar-refractivity contribution >= 4 is 11.5 Å². The van der Waals surface area contributed by atoms with E-state index in [-0.39, 0.29) is 23.4 Å². The number of hydrogen-bond donors (Lipinski definition) is 2. The summed E-state index contributed by atoms with van der Waals surface area (Å²) in [6, 6.07) is 6.25. The van der Waals surface area contributed by atoms with Gasteiger partial charge in [-0.05, 0) is 31.4 Å². The first-order valence-electron chi connectivity index (χ1n) is 9.69. The average molecular weight is 396 g/mol. The smallest absolute Gasteiger partial charge is 0.257 e. The second-order valence-corrected chi connectivity index (χ2v) is 7.77. The molecule has 3 aromatic rings. The number of aromatic nitrogens is 4. The molecule has 2 aliphatic heterocycles. The van der Waals surface area contributed by atoms with Crippen LogP contribution in [0.4, 0.5) is 10.2 Å². The SMILES string of the molecule is CN(c1ccc(-c2cn3c(=O)ccnc3cc2O)nn1)[C@@H]1C[C@H]2CC[C@H](N2)[C@@H]1F. The Morgan fingerprint density at radius 2 is 2.14 bits per heavy atom. The summed E-state index contributed by atoms with van der Waals surface area (Å²) in [6.07, 6.45) is 4.55. The number of rotatable bonds is 3. The monoisotopic (exact) mass is 396 g/mol. The summed E-state index contributed by atoms with van der Waals surface area (Å²) in [6.45, 7) is 0. The van der Waals surface area contributed by atoms with Crippen molar-refractivity contribution in [3.05, 3.63) is 47.0 Å². The Morgan fingerprint density at radius 3 is 2.93 bits per heavy atom. The molecule has 0 radical (unpaired) electrons. The van der Waals surface area contributed by atoms with Crippen LogP contribution in [0.25, 0.3) is 16.9 Å². The van der Waals surface area contributed by atoms with E-state index in [2.05, 4.69) is 20.5 Å². The molecule has 29 heavy (non-hydrogen) atoms. The molecule has 0 spiro atoms. The quantitative estimate of drug-likeness (QED) is 0.693. The summed E-state index contributed by atoms with van der Waals surface area (Å²) >= 11 is 0. The summed E-state index contributed by atoms with van der Waals surface area (Å²) in [5.74, 6) is 0.527. The van der Waals surface area contributed by atoms with Crippen LogP contribution in [0.3, 0.4) is 0 Å². The van der Waals surface area contributed by atoms with Crippen LogP contribution in [-0.2, 0) is 0 Å². The number of fused-ring (bicyclic) bond motifs is 3. The minimum atomic E-state index is -0.955. The van der Waals surface area contributed by atoms with Crippen LogP contribution in [0.5, 0.6) is 5.75 Å². The maximum absolute atomic E-state index is 14.8. The Balaban J connectivity index is 1.45. The highest BCUT2D eigenvalue weighted by molar-refractivity contribution is 5.69. The van der Waals surface area contributed by atoms with Crippen LogP contribution in [0.2, 0.25) is 0 Å². The van der Waals surface area contributed by atoms with Crippen molar-refractivity contribution in [2.45, 2.75) is 43.6 Å². The highest BCUT2D eigenvalue weighted by atomic mass is 19.1. The van der Waals surface area contributed by atoms with E-state index in [0.717, 1.165) is 19.3 Å². The van der Waals surface area contributed by atoms with Crippen LogP contribution in [0.1, 0.15) is 19.3 Å². The molecule has 0 aromatic carbocycles. The lowest BCUT2D eigenvalue weighted by Crippen LogP contribution is -2.55. The zero-order valence-electron chi connectivity index (χ0n) is 15.9. The Hall–Kier alpha value is -3.07. The van der Waals surface area contributed by atoms with E-state index in [4.69, 9.17) is 0 Å². The summed E-state index contributed by atoms with van der Waals surface area (Å²) < 4.78 is 16.2. The van der Waals surface area contributed by atoms with Crippen molar-refractivity contribution < 1.29 is 9.50 Å². The topological polar surface area (TPSA) is 95.7 Å². The van der Waals surface area contributed by atoms with E-state index in [1.807, 2.05) is 11.9 Å². The first kappa shape index (κ1) is 18.0. The summed E-state index contributed by atoms with van der Waals surface area (Å²) in [5.41, 5.74) is 0.879. The third-order valence-corrected chi connectivity index (χ3v) is 6.05. The van der Waals surface area contributed by atoms with Gasteiger partial charge in [0.2, 0.25) is 0 Å². The van der Waals surface area contributed by atoms with Gasteiger partial charge in [0.05, 0.1) is 17.3 Å².